The molecule has 0 saturated carbocycles. The molecule has 0 aliphatic rings. The number of azo groups is 1. The fraction of sp³-hybridized carbons (Fsp3) is 0.125. The van der Waals surface area contributed by atoms with Crippen molar-refractivity contribution in [2.75, 3.05) is 0 Å². The van der Waals surface area contributed by atoms with Gasteiger partial charge in [-0.15, -0.1) is 10.2 Å². The molecule has 0 amide bonds. The Kier molecular flexibility index (Phi) is 4.05. The Morgan fingerprint density at radius 1 is 1.14 bits per heavy atom. The molecule has 0 saturated heterocycles. The van der Waals surface area contributed by atoms with Crippen LogP contribution in [0.3, 0.4) is 0 Å². The highest BCUT2D eigenvalue weighted by Gasteiger charge is 2.11. The molecule has 3 rings (SSSR count). The zero-order chi connectivity index (χ0) is 15.7. The fourth-order valence-corrected chi connectivity index (χ4v) is 2.54. The predicted molar refractivity (Wildman–Crippen MR) is 90.0 cm³/mol. The molecule has 3 aromatic rings. The van der Waals surface area contributed by atoms with Gasteiger partial charge in [-0.2, -0.15) is 0 Å². The van der Waals surface area contributed by atoms with Crippen molar-refractivity contribution in [1.82, 2.24) is 4.98 Å². The van der Waals surface area contributed by atoms with E-state index in [2.05, 4.69) is 22.1 Å². The Labute approximate surface area is 137 Å². The molecule has 6 heteroatoms. The summed E-state index contributed by atoms with van der Waals surface area (Å²) in [5.41, 5.74) is 2.81. The van der Waals surface area contributed by atoms with Crippen molar-refractivity contribution in [3.8, 4) is 5.88 Å². The summed E-state index contributed by atoms with van der Waals surface area (Å²) in [6.45, 7) is 2.07. The monoisotopic (exact) mass is 333 g/mol. The maximum Gasteiger partial charge on any atom is 0.218 e. The summed E-state index contributed by atoms with van der Waals surface area (Å²) < 4.78 is 0. The Hall–Kier alpha value is -2.04. The van der Waals surface area contributed by atoms with E-state index in [1.54, 1.807) is 18.2 Å². The fourth-order valence-electron chi connectivity index (χ4n) is 2.21. The molecule has 0 bridgehead atoms. The van der Waals surface area contributed by atoms with Crippen LogP contribution in [0, 0.1) is 0 Å². The highest BCUT2D eigenvalue weighted by molar-refractivity contribution is 6.43. The van der Waals surface area contributed by atoms with Crippen LogP contribution in [-0.4, -0.2) is 10.1 Å². The van der Waals surface area contributed by atoms with Crippen molar-refractivity contribution < 1.29 is 5.11 Å². The molecule has 2 aromatic carbocycles. The maximum absolute atomic E-state index is 10.0. The van der Waals surface area contributed by atoms with Gasteiger partial charge < -0.3 is 10.1 Å². The van der Waals surface area contributed by atoms with Gasteiger partial charge in [-0.3, -0.25) is 0 Å². The molecule has 4 nitrogen and oxygen atoms in total. The molecule has 1 heterocycles. The third-order valence-corrected chi connectivity index (χ3v) is 4.22. The van der Waals surface area contributed by atoms with Crippen LogP contribution in [0.25, 0.3) is 10.9 Å². The first kappa shape index (κ1) is 14.9. The van der Waals surface area contributed by atoms with Gasteiger partial charge in [0.15, 0.2) is 5.69 Å². The number of hydrogen-bond donors (Lipinski definition) is 2. The standard InChI is InChI=1S/C16H13Cl2N3O/c1-2-9-6-7-12-10(8-9)15(16(22)19-12)21-20-13-5-3-4-11(17)14(13)18/h3-8,19,22H,2H2,1H3. The lowest BCUT2D eigenvalue weighted by Gasteiger charge is -1.99. The number of hydrogen-bond acceptors (Lipinski definition) is 3. The van der Waals surface area contributed by atoms with E-state index in [4.69, 9.17) is 23.2 Å². The number of nitrogens with zero attached hydrogens (tertiary/aromatic N) is 2. The second kappa shape index (κ2) is 5.99. The third kappa shape index (κ3) is 2.67. The van der Waals surface area contributed by atoms with E-state index >= 15 is 0 Å². The molecular weight excluding hydrogens is 321 g/mol. The number of aromatic hydroxyl groups is 1. The number of aryl methyl sites for hydroxylation is 1. The van der Waals surface area contributed by atoms with Gasteiger partial charge in [0.05, 0.1) is 15.6 Å². The van der Waals surface area contributed by atoms with Crippen LogP contribution in [0.15, 0.2) is 46.6 Å². The quantitative estimate of drug-likeness (QED) is 0.554. The molecule has 0 unspecified atom stereocenters. The van der Waals surface area contributed by atoms with Crippen molar-refractivity contribution in [2.45, 2.75) is 13.3 Å². The maximum atomic E-state index is 10.0. The van der Waals surface area contributed by atoms with Crippen LogP contribution in [0.2, 0.25) is 10.0 Å². The summed E-state index contributed by atoms with van der Waals surface area (Å²) in [7, 11) is 0. The number of benzene rings is 2. The third-order valence-electron chi connectivity index (χ3n) is 3.41. The molecule has 0 spiro atoms. The van der Waals surface area contributed by atoms with Crippen LogP contribution in [0.4, 0.5) is 11.4 Å². The molecular formula is C16H13Cl2N3O. The van der Waals surface area contributed by atoms with Crippen LogP contribution >= 0.6 is 23.2 Å². The Bertz CT molecular complexity index is 871. The lowest BCUT2D eigenvalue weighted by Crippen LogP contribution is -1.78. The average molecular weight is 334 g/mol. The minimum absolute atomic E-state index is 0.0230. The van der Waals surface area contributed by atoms with Crippen LogP contribution in [0.5, 0.6) is 5.88 Å². The van der Waals surface area contributed by atoms with Crippen molar-refractivity contribution in [2.24, 2.45) is 10.2 Å². The SMILES string of the molecule is CCc1ccc2[nH]c(O)c(N=Nc3cccc(Cl)c3Cl)c2c1. The molecule has 0 radical (unpaired) electrons. The molecule has 0 atom stereocenters. The molecule has 0 fully saturated rings. The molecule has 0 aliphatic heterocycles. The zero-order valence-corrected chi connectivity index (χ0v) is 13.3. The van der Waals surface area contributed by atoms with Gasteiger partial charge in [0.1, 0.15) is 5.69 Å². The summed E-state index contributed by atoms with van der Waals surface area (Å²) in [5, 5.41) is 19.8. The summed E-state index contributed by atoms with van der Waals surface area (Å²) in [4.78, 5) is 2.88. The normalized spacial score (nSPS) is 11.6. The first-order chi connectivity index (χ1) is 10.6. The number of aromatic nitrogens is 1. The van der Waals surface area contributed by atoms with E-state index in [0.29, 0.717) is 21.4 Å². The second-order valence-corrected chi connectivity index (χ2v) is 5.61. The largest absolute Gasteiger partial charge is 0.493 e. The van der Waals surface area contributed by atoms with Crippen LogP contribution in [0.1, 0.15) is 12.5 Å². The Morgan fingerprint density at radius 2 is 1.95 bits per heavy atom. The van der Waals surface area contributed by atoms with E-state index in [0.717, 1.165) is 22.9 Å². The second-order valence-electron chi connectivity index (χ2n) is 4.83. The van der Waals surface area contributed by atoms with E-state index in [-0.39, 0.29) is 5.88 Å². The van der Waals surface area contributed by atoms with Crippen LogP contribution in [-0.2, 0) is 6.42 Å². The molecule has 1 aromatic heterocycles. The number of H-pyrrole nitrogens is 1. The van der Waals surface area contributed by atoms with Gasteiger partial charge in [0.25, 0.3) is 0 Å². The minimum atomic E-state index is -0.0230. The van der Waals surface area contributed by atoms with Crippen molar-refractivity contribution in [3.63, 3.8) is 0 Å². The topological polar surface area (TPSA) is 60.7 Å². The smallest absolute Gasteiger partial charge is 0.218 e. The summed E-state index contributed by atoms with van der Waals surface area (Å²) in [6, 6.07) is 11.0. The summed E-state index contributed by atoms with van der Waals surface area (Å²) in [5.74, 6) is -0.0230. The van der Waals surface area contributed by atoms with E-state index in [9.17, 15) is 5.11 Å². The van der Waals surface area contributed by atoms with Crippen molar-refractivity contribution in [1.29, 1.82) is 0 Å². The number of aromatic amines is 1. The Balaban J connectivity index is 2.08. The van der Waals surface area contributed by atoms with Gasteiger partial charge in [-0.25, -0.2) is 0 Å². The molecule has 112 valence electrons. The number of nitrogens with one attached hydrogen (secondary N) is 1. The van der Waals surface area contributed by atoms with Gasteiger partial charge in [0.2, 0.25) is 5.88 Å². The first-order valence-corrected chi connectivity index (χ1v) is 7.55. The van der Waals surface area contributed by atoms with Crippen LogP contribution < -0.4 is 0 Å². The van der Waals surface area contributed by atoms with Gasteiger partial charge in [-0.05, 0) is 36.2 Å². The lowest BCUT2D eigenvalue weighted by atomic mass is 10.1. The molecule has 22 heavy (non-hydrogen) atoms. The average Bonchev–Trinajstić information content (AvgIpc) is 2.83. The van der Waals surface area contributed by atoms with E-state index < -0.39 is 0 Å². The number of halogens is 2. The Morgan fingerprint density at radius 3 is 2.73 bits per heavy atom. The summed E-state index contributed by atoms with van der Waals surface area (Å²) >= 11 is 12.0. The van der Waals surface area contributed by atoms with Gasteiger partial charge in [0, 0.05) is 5.39 Å². The highest BCUT2D eigenvalue weighted by atomic mass is 35.5. The molecule has 2 N–H and O–H groups in total. The number of fused-ring (bicyclic) bond motifs is 1. The summed E-state index contributed by atoms with van der Waals surface area (Å²) in [6.07, 6.45) is 0.901. The predicted octanol–water partition coefficient (Wildman–Crippen LogP) is 6.16. The lowest BCUT2D eigenvalue weighted by molar-refractivity contribution is 0.459. The number of rotatable bonds is 3. The van der Waals surface area contributed by atoms with Crippen molar-refractivity contribution >= 4 is 45.5 Å². The minimum Gasteiger partial charge on any atom is -0.493 e. The first-order valence-electron chi connectivity index (χ1n) is 6.79. The van der Waals surface area contributed by atoms with Gasteiger partial charge in [-0.1, -0.05) is 42.3 Å². The van der Waals surface area contributed by atoms with Crippen molar-refractivity contribution in [3.05, 3.63) is 52.0 Å². The zero-order valence-electron chi connectivity index (χ0n) is 11.8. The highest BCUT2D eigenvalue weighted by Crippen LogP contribution is 2.38. The molecule has 0 aliphatic carbocycles. The van der Waals surface area contributed by atoms with E-state index in [1.807, 2.05) is 18.2 Å². The van der Waals surface area contributed by atoms with Gasteiger partial charge >= 0.3 is 0 Å². The van der Waals surface area contributed by atoms with E-state index in [1.165, 1.54) is 0 Å².